The van der Waals surface area contributed by atoms with Crippen LogP contribution in [-0.4, -0.2) is 17.6 Å². The summed E-state index contributed by atoms with van der Waals surface area (Å²) in [6.07, 6.45) is 6.14. The Labute approximate surface area is 124 Å². The Balaban J connectivity index is 1.88. The smallest absolute Gasteiger partial charge is 0.273 e. The molecule has 0 aromatic carbocycles. The SMILES string of the molecule is CCCCC(CC)CNC(=O)c1cc(-c2ccco2)on1. The van der Waals surface area contributed by atoms with Crippen LogP contribution in [0.2, 0.25) is 0 Å². The minimum atomic E-state index is -0.202. The fraction of sp³-hybridized carbons (Fsp3) is 0.500. The van der Waals surface area contributed by atoms with Crippen LogP contribution in [0.3, 0.4) is 0 Å². The van der Waals surface area contributed by atoms with Crippen molar-refractivity contribution in [3.63, 3.8) is 0 Å². The number of aromatic nitrogens is 1. The molecule has 0 fully saturated rings. The van der Waals surface area contributed by atoms with Gasteiger partial charge in [-0.1, -0.05) is 38.3 Å². The van der Waals surface area contributed by atoms with Crippen molar-refractivity contribution in [2.45, 2.75) is 39.5 Å². The van der Waals surface area contributed by atoms with E-state index in [9.17, 15) is 4.79 Å². The molecule has 1 amide bonds. The monoisotopic (exact) mass is 290 g/mol. The van der Waals surface area contributed by atoms with Gasteiger partial charge in [-0.3, -0.25) is 4.79 Å². The fourth-order valence-electron chi connectivity index (χ4n) is 2.19. The van der Waals surface area contributed by atoms with Gasteiger partial charge in [-0.15, -0.1) is 0 Å². The molecule has 0 saturated carbocycles. The molecule has 0 aliphatic carbocycles. The van der Waals surface area contributed by atoms with Crippen molar-refractivity contribution in [3.8, 4) is 11.5 Å². The first-order valence-corrected chi connectivity index (χ1v) is 7.53. The third-order valence-corrected chi connectivity index (χ3v) is 3.60. The van der Waals surface area contributed by atoms with E-state index in [0.717, 1.165) is 12.8 Å². The zero-order chi connectivity index (χ0) is 15.1. The second-order valence-electron chi connectivity index (χ2n) is 5.18. The van der Waals surface area contributed by atoms with E-state index in [1.165, 1.54) is 12.8 Å². The first kappa shape index (κ1) is 15.4. The lowest BCUT2D eigenvalue weighted by atomic mass is 9.99. The van der Waals surface area contributed by atoms with Gasteiger partial charge in [0, 0.05) is 12.6 Å². The lowest BCUT2D eigenvalue weighted by Crippen LogP contribution is -2.29. The van der Waals surface area contributed by atoms with Gasteiger partial charge in [-0.2, -0.15) is 0 Å². The second-order valence-corrected chi connectivity index (χ2v) is 5.18. The minimum Gasteiger partial charge on any atom is -0.461 e. The molecular weight excluding hydrogens is 268 g/mol. The maximum atomic E-state index is 12.1. The standard InChI is InChI=1S/C16H22N2O3/c1-3-5-7-12(4-2)11-17-16(19)13-10-15(21-18-13)14-8-6-9-20-14/h6,8-10,12H,3-5,7,11H2,1-2H3,(H,17,19). The molecule has 1 unspecified atom stereocenters. The molecule has 1 N–H and O–H groups in total. The first-order chi connectivity index (χ1) is 10.2. The van der Waals surface area contributed by atoms with Crippen LogP contribution in [0.5, 0.6) is 0 Å². The van der Waals surface area contributed by atoms with Gasteiger partial charge < -0.3 is 14.3 Å². The number of furan rings is 1. The number of nitrogens with one attached hydrogen (secondary N) is 1. The average molecular weight is 290 g/mol. The summed E-state index contributed by atoms with van der Waals surface area (Å²) in [5.41, 5.74) is 0.284. The zero-order valence-corrected chi connectivity index (χ0v) is 12.6. The number of carbonyl (C=O) groups excluding carboxylic acids is 1. The van der Waals surface area contributed by atoms with E-state index in [1.807, 2.05) is 0 Å². The van der Waals surface area contributed by atoms with Gasteiger partial charge in [0.15, 0.2) is 11.5 Å². The number of hydrogen-bond acceptors (Lipinski definition) is 4. The number of rotatable bonds is 8. The summed E-state index contributed by atoms with van der Waals surface area (Å²) in [5.74, 6) is 1.34. The van der Waals surface area contributed by atoms with Crippen molar-refractivity contribution in [2.75, 3.05) is 6.54 Å². The fourth-order valence-corrected chi connectivity index (χ4v) is 2.19. The van der Waals surface area contributed by atoms with E-state index in [2.05, 4.69) is 24.3 Å². The molecule has 0 spiro atoms. The van der Waals surface area contributed by atoms with Crippen LogP contribution in [0.4, 0.5) is 0 Å². The van der Waals surface area contributed by atoms with Crippen molar-refractivity contribution in [3.05, 3.63) is 30.2 Å². The Morgan fingerprint density at radius 2 is 2.24 bits per heavy atom. The maximum absolute atomic E-state index is 12.1. The van der Waals surface area contributed by atoms with Crippen molar-refractivity contribution < 1.29 is 13.7 Å². The lowest BCUT2D eigenvalue weighted by molar-refractivity contribution is 0.0937. The number of carbonyl (C=O) groups is 1. The summed E-state index contributed by atoms with van der Waals surface area (Å²) in [5, 5.41) is 6.72. The number of hydrogen-bond donors (Lipinski definition) is 1. The Hall–Kier alpha value is -2.04. The maximum Gasteiger partial charge on any atom is 0.273 e. The van der Waals surface area contributed by atoms with Gasteiger partial charge in [0.1, 0.15) is 0 Å². The topological polar surface area (TPSA) is 68.3 Å². The van der Waals surface area contributed by atoms with Crippen LogP contribution in [0.25, 0.3) is 11.5 Å². The predicted molar refractivity (Wildman–Crippen MR) is 79.8 cm³/mol. The molecular formula is C16H22N2O3. The number of amides is 1. The predicted octanol–water partition coefficient (Wildman–Crippen LogP) is 3.88. The summed E-state index contributed by atoms with van der Waals surface area (Å²) in [4.78, 5) is 12.1. The normalized spacial score (nSPS) is 12.3. The van der Waals surface area contributed by atoms with Crippen molar-refractivity contribution in [1.29, 1.82) is 0 Å². The Bertz CT molecular complexity index is 546. The van der Waals surface area contributed by atoms with Crippen LogP contribution in [-0.2, 0) is 0 Å². The first-order valence-electron chi connectivity index (χ1n) is 7.53. The van der Waals surface area contributed by atoms with Crippen LogP contribution in [0.1, 0.15) is 50.0 Å². The Morgan fingerprint density at radius 3 is 2.90 bits per heavy atom. The van der Waals surface area contributed by atoms with Crippen LogP contribution >= 0.6 is 0 Å². The Morgan fingerprint density at radius 1 is 1.38 bits per heavy atom. The van der Waals surface area contributed by atoms with E-state index >= 15 is 0 Å². The van der Waals surface area contributed by atoms with Crippen molar-refractivity contribution >= 4 is 5.91 Å². The summed E-state index contributed by atoms with van der Waals surface area (Å²) in [7, 11) is 0. The highest BCUT2D eigenvalue weighted by Crippen LogP contribution is 2.20. The van der Waals surface area contributed by atoms with Gasteiger partial charge in [0.25, 0.3) is 5.91 Å². The molecule has 5 nitrogen and oxygen atoms in total. The molecule has 2 aromatic rings. The highest BCUT2D eigenvalue weighted by Gasteiger charge is 2.16. The van der Waals surface area contributed by atoms with Crippen molar-refractivity contribution in [1.82, 2.24) is 10.5 Å². The summed E-state index contributed by atoms with van der Waals surface area (Å²) in [6.45, 7) is 5.01. The molecule has 0 aliphatic rings. The molecule has 5 heteroatoms. The minimum absolute atomic E-state index is 0.202. The summed E-state index contributed by atoms with van der Waals surface area (Å²) in [6, 6.07) is 5.12. The van der Waals surface area contributed by atoms with Gasteiger partial charge >= 0.3 is 0 Å². The summed E-state index contributed by atoms with van der Waals surface area (Å²) < 4.78 is 10.3. The van der Waals surface area contributed by atoms with Gasteiger partial charge in [0.2, 0.25) is 5.76 Å². The molecule has 1 atom stereocenters. The molecule has 2 heterocycles. The molecule has 0 aliphatic heterocycles. The number of unbranched alkanes of at least 4 members (excludes halogenated alkanes) is 1. The van der Waals surface area contributed by atoms with Crippen LogP contribution < -0.4 is 5.32 Å². The molecule has 2 rings (SSSR count). The molecule has 21 heavy (non-hydrogen) atoms. The van der Waals surface area contributed by atoms with Gasteiger partial charge in [-0.25, -0.2) is 0 Å². The van der Waals surface area contributed by atoms with Gasteiger partial charge in [0.05, 0.1) is 6.26 Å². The number of nitrogens with zero attached hydrogens (tertiary/aromatic N) is 1. The average Bonchev–Trinajstić information content (AvgIpc) is 3.17. The van der Waals surface area contributed by atoms with Gasteiger partial charge in [-0.05, 0) is 24.5 Å². The molecule has 114 valence electrons. The quantitative estimate of drug-likeness (QED) is 0.801. The third-order valence-electron chi connectivity index (χ3n) is 3.60. The van der Waals surface area contributed by atoms with E-state index in [4.69, 9.17) is 8.94 Å². The van der Waals surface area contributed by atoms with Crippen LogP contribution in [0.15, 0.2) is 33.4 Å². The van der Waals surface area contributed by atoms with E-state index in [0.29, 0.717) is 24.0 Å². The third kappa shape index (κ3) is 4.21. The summed E-state index contributed by atoms with van der Waals surface area (Å²) >= 11 is 0. The highest BCUT2D eigenvalue weighted by atomic mass is 16.5. The second kappa shape index (κ2) is 7.67. The van der Waals surface area contributed by atoms with Crippen molar-refractivity contribution in [2.24, 2.45) is 5.92 Å². The highest BCUT2D eigenvalue weighted by molar-refractivity contribution is 5.92. The van der Waals surface area contributed by atoms with E-state index in [1.54, 1.807) is 24.5 Å². The molecule has 0 radical (unpaired) electrons. The molecule has 0 bridgehead atoms. The largest absolute Gasteiger partial charge is 0.461 e. The van der Waals surface area contributed by atoms with E-state index in [-0.39, 0.29) is 11.6 Å². The molecule has 2 aromatic heterocycles. The lowest BCUT2D eigenvalue weighted by Gasteiger charge is -2.14. The Kier molecular flexibility index (Phi) is 5.60. The zero-order valence-electron chi connectivity index (χ0n) is 12.6. The molecule has 0 saturated heterocycles. The van der Waals surface area contributed by atoms with E-state index < -0.39 is 0 Å². The van der Waals surface area contributed by atoms with Crippen LogP contribution in [0, 0.1) is 5.92 Å².